The third-order valence-corrected chi connectivity index (χ3v) is 4.86. The summed E-state index contributed by atoms with van der Waals surface area (Å²) in [5.74, 6) is 0.714. The van der Waals surface area contributed by atoms with Gasteiger partial charge < -0.3 is 15.4 Å². The Labute approximate surface area is 179 Å². The first-order valence-electron chi connectivity index (χ1n) is 9.25. The highest BCUT2D eigenvalue weighted by atomic mass is 127. The van der Waals surface area contributed by atoms with E-state index in [2.05, 4.69) is 57.5 Å². The van der Waals surface area contributed by atoms with E-state index in [4.69, 9.17) is 4.74 Å². The van der Waals surface area contributed by atoms with Crippen LogP contribution >= 0.6 is 22.6 Å². The Hall–Kier alpha value is -2.54. The molecule has 0 aliphatic carbocycles. The highest BCUT2D eigenvalue weighted by Gasteiger charge is 2.03. The Balaban J connectivity index is 1.41. The summed E-state index contributed by atoms with van der Waals surface area (Å²) in [4.78, 5) is 12.1. The molecule has 0 radical (unpaired) electrons. The minimum absolute atomic E-state index is 0.0876. The first-order chi connectivity index (χ1) is 13.7. The molecule has 5 heteroatoms. The average Bonchev–Trinajstić information content (AvgIpc) is 2.73. The normalized spacial score (nSPS) is 10.3. The average molecular weight is 486 g/mol. The molecule has 144 valence electrons. The van der Waals surface area contributed by atoms with Crippen molar-refractivity contribution in [2.24, 2.45) is 0 Å². The molecule has 2 N–H and O–H groups in total. The van der Waals surface area contributed by atoms with Crippen molar-refractivity contribution in [3.63, 3.8) is 0 Å². The van der Waals surface area contributed by atoms with E-state index in [0.717, 1.165) is 33.5 Å². The fourth-order valence-electron chi connectivity index (χ4n) is 2.73. The van der Waals surface area contributed by atoms with Gasteiger partial charge in [0.2, 0.25) is 5.91 Å². The fourth-order valence-corrected chi connectivity index (χ4v) is 3.09. The third-order valence-electron chi connectivity index (χ3n) is 4.14. The first-order valence-corrected chi connectivity index (χ1v) is 10.3. The number of anilines is 2. The maximum Gasteiger partial charge on any atom is 0.243 e. The maximum atomic E-state index is 12.1. The van der Waals surface area contributed by atoms with Crippen molar-refractivity contribution >= 4 is 39.9 Å². The SMILES string of the molecule is O=C(CNc1cccc(OCCCc2ccccc2)c1)Nc1ccc(I)cc1. The smallest absolute Gasteiger partial charge is 0.243 e. The van der Waals surface area contributed by atoms with Gasteiger partial charge in [0.25, 0.3) is 0 Å². The van der Waals surface area contributed by atoms with E-state index in [0.29, 0.717) is 6.61 Å². The van der Waals surface area contributed by atoms with Crippen molar-refractivity contribution in [2.75, 3.05) is 23.8 Å². The monoisotopic (exact) mass is 486 g/mol. The molecule has 3 rings (SSSR count). The molecule has 3 aromatic carbocycles. The third kappa shape index (κ3) is 6.88. The highest BCUT2D eigenvalue weighted by Crippen LogP contribution is 2.18. The molecule has 0 fully saturated rings. The van der Waals surface area contributed by atoms with Crippen LogP contribution in [-0.2, 0) is 11.2 Å². The van der Waals surface area contributed by atoms with E-state index in [9.17, 15) is 4.79 Å². The molecule has 0 bridgehead atoms. The lowest BCUT2D eigenvalue weighted by Crippen LogP contribution is -2.21. The van der Waals surface area contributed by atoms with Gasteiger partial charge in [-0.1, -0.05) is 36.4 Å². The summed E-state index contributed by atoms with van der Waals surface area (Å²) >= 11 is 2.24. The van der Waals surface area contributed by atoms with E-state index < -0.39 is 0 Å². The Kier molecular flexibility index (Phi) is 7.72. The van der Waals surface area contributed by atoms with Crippen molar-refractivity contribution in [1.82, 2.24) is 0 Å². The molecular formula is C23H23IN2O2. The standard InChI is InChI=1S/C23H23IN2O2/c24-19-11-13-20(14-12-19)26-23(27)17-25-21-9-4-10-22(16-21)28-15-5-8-18-6-2-1-3-7-18/h1-4,6-7,9-14,16,25H,5,8,15,17H2,(H,26,27). The van der Waals surface area contributed by atoms with Gasteiger partial charge in [-0.3, -0.25) is 4.79 Å². The number of nitrogens with one attached hydrogen (secondary N) is 2. The van der Waals surface area contributed by atoms with Crippen LogP contribution in [-0.4, -0.2) is 19.1 Å². The summed E-state index contributed by atoms with van der Waals surface area (Å²) in [6.07, 6.45) is 1.96. The molecule has 0 aliphatic heterocycles. The fraction of sp³-hybridized carbons (Fsp3) is 0.174. The van der Waals surface area contributed by atoms with Gasteiger partial charge >= 0.3 is 0 Å². The molecule has 0 aliphatic rings. The number of hydrogen-bond acceptors (Lipinski definition) is 3. The Morgan fingerprint density at radius 3 is 2.46 bits per heavy atom. The van der Waals surface area contributed by atoms with Crippen LogP contribution in [0.5, 0.6) is 5.75 Å². The summed E-state index contributed by atoms with van der Waals surface area (Å²) < 4.78 is 6.97. The van der Waals surface area contributed by atoms with Gasteiger partial charge in [-0.05, 0) is 77.4 Å². The van der Waals surface area contributed by atoms with Crippen LogP contribution in [0.3, 0.4) is 0 Å². The van der Waals surface area contributed by atoms with Crippen LogP contribution in [0.1, 0.15) is 12.0 Å². The number of hydrogen-bond donors (Lipinski definition) is 2. The summed E-state index contributed by atoms with van der Waals surface area (Å²) in [7, 11) is 0. The number of rotatable bonds is 9. The number of aryl methyl sites for hydroxylation is 1. The second kappa shape index (κ2) is 10.7. The second-order valence-electron chi connectivity index (χ2n) is 6.37. The first kappa shape index (κ1) is 20.2. The number of amides is 1. The number of carbonyl (C=O) groups is 1. The summed E-state index contributed by atoms with van der Waals surface area (Å²) in [6.45, 7) is 0.856. The van der Waals surface area contributed by atoms with Gasteiger partial charge in [-0.15, -0.1) is 0 Å². The van der Waals surface area contributed by atoms with Gasteiger partial charge in [0.15, 0.2) is 0 Å². The summed E-state index contributed by atoms with van der Waals surface area (Å²) in [5.41, 5.74) is 2.97. The lowest BCUT2D eigenvalue weighted by atomic mass is 10.1. The topological polar surface area (TPSA) is 50.4 Å². The van der Waals surface area contributed by atoms with Gasteiger partial charge in [0, 0.05) is 21.0 Å². The zero-order valence-electron chi connectivity index (χ0n) is 15.5. The minimum Gasteiger partial charge on any atom is -0.494 e. The molecular weight excluding hydrogens is 463 g/mol. The van der Waals surface area contributed by atoms with Crippen molar-refractivity contribution < 1.29 is 9.53 Å². The molecule has 0 unspecified atom stereocenters. The molecule has 1 amide bonds. The lowest BCUT2D eigenvalue weighted by Gasteiger charge is -2.10. The maximum absolute atomic E-state index is 12.1. The molecule has 4 nitrogen and oxygen atoms in total. The predicted octanol–water partition coefficient (Wildman–Crippen LogP) is 5.35. The van der Waals surface area contributed by atoms with Gasteiger partial charge in [-0.25, -0.2) is 0 Å². The largest absolute Gasteiger partial charge is 0.494 e. The van der Waals surface area contributed by atoms with E-state index in [1.807, 2.05) is 54.6 Å². The molecule has 0 aromatic heterocycles. The molecule has 28 heavy (non-hydrogen) atoms. The molecule has 0 heterocycles. The van der Waals surface area contributed by atoms with Crippen molar-refractivity contribution in [3.05, 3.63) is 88.0 Å². The van der Waals surface area contributed by atoms with Crippen LogP contribution in [0.15, 0.2) is 78.9 Å². The van der Waals surface area contributed by atoms with Crippen LogP contribution in [0.25, 0.3) is 0 Å². The van der Waals surface area contributed by atoms with Crippen LogP contribution in [0, 0.1) is 3.57 Å². The zero-order chi connectivity index (χ0) is 19.6. The highest BCUT2D eigenvalue weighted by molar-refractivity contribution is 14.1. The van der Waals surface area contributed by atoms with Crippen molar-refractivity contribution in [3.8, 4) is 5.75 Å². The zero-order valence-corrected chi connectivity index (χ0v) is 17.7. The van der Waals surface area contributed by atoms with E-state index >= 15 is 0 Å². The lowest BCUT2D eigenvalue weighted by molar-refractivity contribution is -0.114. The Morgan fingerprint density at radius 1 is 0.893 bits per heavy atom. The predicted molar refractivity (Wildman–Crippen MR) is 123 cm³/mol. The summed E-state index contributed by atoms with van der Waals surface area (Å²) in [6, 6.07) is 25.8. The molecule has 0 saturated carbocycles. The molecule has 0 spiro atoms. The Bertz CT molecular complexity index is 883. The quantitative estimate of drug-likeness (QED) is 0.317. The molecule has 0 atom stereocenters. The van der Waals surface area contributed by atoms with E-state index in [-0.39, 0.29) is 12.5 Å². The molecule has 0 saturated heterocycles. The van der Waals surface area contributed by atoms with Gasteiger partial charge in [0.05, 0.1) is 13.2 Å². The van der Waals surface area contributed by atoms with E-state index in [1.165, 1.54) is 5.56 Å². The van der Waals surface area contributed by atoms with Gasteiger partial charge in [0.1, 0.15) is 5.75 Å². The Morgan fingerprint density at radius 2 is 1.68 bits per heavy atom. The minimum atomic E-state index is -0.0876. The van der Waals surface area contributed by atoms with Crippen LogP contribution in [0.4, 0.5) is 11.4 Å². The van der Waals surface area contributed by atoms with E-state index in [1.54, 1.807) is 0 Å². The van der Waals surface area contributed by atoms with Crippen LogP contribution < -0.4 is 15.4 Å². The number of halogens is 1. The number of carbonyl (C=O) groups excluding carboxylic acids is 1. The second-order valence-corrected chi connectivity index (χ2v) is 7.62. The van der Waals surface area contributed by atoms with Gasteiger partial charge in [-0.2, -0.15) is 0 Å². The van der Waals surface area contributed by atoms with Crippen LogP contribution in [0.2, 0.25) is 0 Å². The van der Waals surface area contributed by atoms with Crippen molar-refractivity contribution in [1.29, 1.82) is 0 Å². The number of benzene rings is 3. The van der Waals surface area contributed by atoms with Crippen molar-refractivity contribution in [2.45, 2.75) is 12.8 Å². The summed E-state index contributed by atoms with van der Waals surface area (Å²) in [5, 5.41) is 6.01. The number of ether oxygens (including phenoxy) is 1. The molecule has 3 aromatic rings.